The fourth-order valence-corrected chi connectivity index (χ4v) is 4.57. The van der Waals surface area contributed by atoms with Crippen LogP contribution in [0.1, 0.15) is 40.8 Å². The van der Waals surface area contributed by atoms with Gasteiger partial charge in [-0.2, -0.15) is 0 Å². The lowest BCUT2D eigenvalue weighted by Gasteiger charge is -2.31. The highest BCUT2D eigenvalue weighted by atomic mass is 16.2. The second-order valence-corrected chi connectivity index (χ2v) is 7.90. The predicted molar refractivity (Wildman–Crippen MR) is 115 cm³/mol. The van der Waals surface area contributed by atoms with Gasteiger partial charge in [-0.1, -0.05) is 36.4 Å². The van der Waals surface area contributed by atoms with E-state index in [9.17, 15) is 4.79 Å². The van der Waals surface area contributed by atoms with Gasteiger partial charge in [0.1, 0.15) is 17.3 Å². The number of aromatic nitrogens is 2. The summed E-state index contributed by atoms with van der Waals surface area (Å²) in [4.78, 5) is 26.7. The molecule has 0 saturated heterocycles. The number of para-hydroxylation sites is 2. The number of hydrogen-bond donors (Lipinski definition) is 0. The van der Waals surface area contributed by atoms with E-state index in [0.29, 0.717) is 11.5 Å². The average Bonchev–Trinajstić information content (AvgIpc) is 3.08. The van der Waals surface area contributed by atoms with Crippen molar-refractivity contribution < 1.29 is 4.79 Å². The Kier molecular flexibility index (Phi) is 4.31. The van der Waals surface area contributed by atoms with E-state index in [4.69, 9.17) is 0 Å². The molecule has 0 N–H and O–H groups in total. The lowest BCUT2D eigenvalue weighted by atomic mass is 10.0. The molecule has 2 aliphatic rings. The molecule has 2 aromatic carbocycles. The van der Waals surface area contributed by atoms with Gasteiger partial charge >= 0.3 is 0 Å². The molecule has 1 atom stereocenters. The van der Waals surface area contributed by atoms with Crippen LogP contribution in [0, 0.1) is 6.92 Å². The Morgan fingerprint density at radius 1 is 1.00 bits per heavy atom. The van der Waals surface area contributed by atoms with Gasteiger partial charge in [-0.25, -0.2) is 9.97 Å². The molecule has 3 aromatic rings. The molecule has 0 aliphatic carbocycles. The van der Waals surface area contributed by atoms with Gasteiger partial charge in [0.25, 0.3) is 5.91 Å². The zero-order valence-electron chi connectivity index (χ0n) is 16.8. The molecule has 5 heteroatoms. The highest BCUT2D eigenvalue weighted by Gasteiger charge is 2.32. The first kappa shape index (κ1) is 17.9. The van der Waals surface area contributed by atoms with E-state index in [1.54, 1.807) is 0 Å². The quantitative estimate of drug-likeness (QED) is 0.654. The average molecular weight is 384 g/mol. The van der Waals surface area contributed by atoms with Crippen LogP contribution in [-0.2, 0) is 12.8 Å². The molecule has 1 unspecified atom stereocenters. The van der Waals surface area contributed by atoms with Crippen molar-refractivity contribution in [1.82, 2.24) is 9.97 Å². The van der Waals surface area contributed by atoms with Gasteiger partial charge in [0.2, 0.25) is 0 Å². The minimum Gasteiger partial charge on any atom is -0.326 e. The first-order chi connectivity index (χ1) is 14.1. The summed E-state index contributed by atoms with van der Waals surface area (Å²) in [5.74, 6) is 1.36. The van der Waals surface area contributed by atoms with Crippen LogP contribution in [0.5, 0.6) is 0 Å². The molecule has 0 saturated carbocycles. The number of benzene rings is 2. The maximum atomic E-state index is 13.5. The van der Waals surface area contributed by atoms with E-state index in [2.05, 4.69) is 52.1 Å². The number of amides is 1. The molecule has 5 nitrogen and oxygen atoms in total. The summed E-state index contributed by atoms with van der Waals surface area (Å²) in [5, 5.41) is 0. The van der Waals surface area contributed by atoms with E-state index in [1.807, 2.05) is 36.1 Å². The zero-order chi connectivity index (χ0) is 20.0. The van der Waals surface area contributed by atoms with Crippen LogP contribution in [0.25, 0.3) is 0 Å². The second kappa shape index (κ2) is 6.99. The van der Waals surface area contributed by atoms with Crippen molar-refractivity contribution in [2.24, 2.45) is 0 Å². The van der Waals surface area contributed by atoms with Crippen LogP contribution in [-0.4, -0.2) is 28.5 Å². The lowest BCUT2D eigenvalue weighted by molar-refractivity contribution is 0.0976. The molecular weight excluding hydrogens is 360 g/mol. The number of rotatable bonds is 2. The van der Waals surface area contributed by atoms with Gasteiger partial charge in [-0.3, -0.25) is 4.79 Å². The van der Waals surface area contributed by atoms with E-state index >= 15 is 0 Å². The minimum atomic E-state index is -0.0560. The van der Waals surface area contributed by atoms with Crippen molar-refractivity contribution in [3.8, 4) is 0 Å². The van der Waals surface area contributed by atoms with Gasteiger partial charge in [0.05, 0.1) is 0 Å². The molecule has 1 aromatic heterocycles. The number of aryl methyl sites for hydroxylation is 2. The molecule has 5 rings (SSSR count). The Morgan fingerprint density at radius 3 is 2.55 bits per heavy atom. The topological polar surface area (TPSA) is 49.3 Å². The summed E-state index contributed by atoms with van der Waals surface area (Å²) in [6.45, 7) is 4.84. The number of carbonyl (C=O) groups excluding carboxylic acids is 1. The van der Waals surface area contributed by atoms with Gasteiger partial charge in [-0.15, -0.1) is 0 Å². The lowest BCUT2D eigenvalue weighted by Crippen LogP contribution is -2.36. The van der Waals surface area contributed by atoms with Crippen molar-refractivity contribution in [3.05, 3.63) is 77.2 Å². The summed E-state index contributed by atoms with van der Waals surface area (Å²) in [6.07, 6.45) is 3.02. The van der Waals surface area contributed by atoms with E-state index in [-0.39, 0.29) is 11.9 Å². The molecule has 146 valence electrons. The summed E-state index contributed by atoms with van der Waals surface area (Å²) < 4.78 is 0. The highest BCUT2D eigenvalue weighted by molar-refractivity contribution is 6.07. The highest BCUT2D eigenvalue weighted by Crippen LogP contribution is 2.35. The van der Waals surface area contributed by atoms with Crippen LogP contribution < -0.4 is 9.80 Å². The number of anilines is 3. The second-order valence-electron chi connectivity index (χ2n) is 7.90. The third-order valence-corrected chi connectivity index (χ3v) is 5.86. The van der Waals surface area contributed by atoms with E-state index in [1.165, 1.54) is 16.8 Å². The summed E-state index contributed by atoms with van der Waals surface area (Å²) in [7, 11) is 0. The van der Waals surface area contributed by atoms with Gasteiger partial charge < -0.3 is 9.80 Å². The molecule has 2 aliphatic heterocycles. The molecule has 0 bridgehead atoms. The van der Waals surface area contributed by atoms with Gasteiger partial charge in [-0.05, 0) is 56.4 Å². The van der Waals surface area contributed by atoms with Gasteiger partial charge in [0.15, 0.2) is 0 Å². The van der Waals surface area contributed by atoms with Crippen LogP contribution in [0.2, 0.25) is 0 Å². The van der Waals surface area contributed by atoms with E-state index < -0.39 is 0 Å². The number of fused-ring (bicyclic) bond motifs is 2. The first-order valence-electron chi connectivity index (χ1n) is 10.2. The van der Waals surface area contributed by atoms with Crippen molar-refractivity contribution >= 4 is 23.1 Å². The van der Waals surface area contributed by atoms with Crippen LogP contribution in [0.3, 0.4) is 0 Å². The molecule has 1 amide bonds. The molecule has 29 heavy (non-hydrogen) atoms. The Bertz CT molecular complexity index is 1090. The number of hydrogen-bond acceptors (Lipinski definition) is 4. The largest absolute Gasteiger partial charge is 0.326 e. The standard InChI is InChI=1S/C24H24N4O/c1-16-14-19-9-4-6-12-22(19)28(16)24(29)20-15-23(26-17(2)25-20)27-13-7-10-18-8-3-5-11-21(18)27/h3-6,8-9,11-12,15-16H,7,10,13-14H2,1-2H3. The van der Waals surface area contributed by atoms with Crippen molar-refractivity contribution in [1.29, 1.82) is 0 Å². The third-order valence-electron chi connectivity index (χ3n) is 5.86. The predicted octanol–water partition coefficient (Wildman–Crippen LogP) is 4.46. The molecule has 0 radical (unpaired) electrons. The summed E-state index contributed by atoms with van der Waals surface area (Å²) in [5.41, 5.74) is 5.16. The molecule has 0 fully saturated rings. The number of carbonyl (C=O) groups is 1. The third kappa shape index (κ3) is 3.07. The molecule has 0 spiro atoms. The normalized spacial score (nSPS) is 17.8. The van der Waals surface area contributed by atoms with Crippen molar-refractivity contribution in [2.75, 3.05) is 16.3 Å². The Labute approximate surface area is 171 Å². The van der Waals surface area contributed by atoms with Crippen molar-refractivity contribution in [2.45, 2.75) is 39.2 Å². The smallest absolute Gasteiger partial charge is 0.277 e. The van der Waals surface area contributed by atoms with Crippen molar-refractivity contribution in [3.63, 3.8) is 0 Å². The van der Waals surface area contributed by atoms with E-state index in [0.717, 1.165) is 37.3 Å². The van der Waals surface area contributed by atoms with Gasteiger partial charge in [0, 0.05) is 30.0 Å². The SMILES string of the molecule is Cc1nc(C(=O)N2c3ccccc3CC2C)cc(N2CCCc3ccccc32)n1. The van der Waals surface area contributed by atoms with Crippen LogP contribution in [0.15, 0.2) is 54.6 Å². The summed E-state index contributed by atoms with van der Waals surface area (Å²) >= 11 is 0. The first-order valence-corrected chi connectivity index (χ1v) is 10.2. The number of nitrogens with zero attached hydrogens (tertiary/aromatic N) is 4. The Morgan fingerprint density at radius 2 is 1.72 bits per heavy atom. The maximum Gasteiger partial charge on any atom is 0.277 e. The fourth-order valence-electron chi connectivity index (χ4n) is 4.57. The fraction of sp³-hybridized carbons (Fsp3) is 0.292. The Hall–Kier alpha value is -3.21. The maximum absolute atomic E-state index is 13.5. The summed E-state index contributed by atoms with van der Waals surface area (Å²) in [6, 6.07) is 18.5. The zero-order valence-corrected chi connectivity index (χ0v) is 16.8. The molecule has 3 heterocycles. The molecular formula is C24H24N4O. The van der Waals surface area contributed by atoms with Crippen LogP contribution >= 0.6 is 0 Å². The van der Waals surface area contributed by atoms with Crippen LogP contribution in [0.4, 0.5) is 17.2 Å². The Balaban J connectivity index is 1.54. The monoisotopic (exact) mass is 384 g/mol. The minimum absolute atomic E-state index is 0.0560.